The molecule has 5 heteroatoms. The summed E-state index contributed by atoms with van der Waals surface area (Å²) < 4.78 is 5.26. The third-order valence-electron chi connectivity index (χ3n) is 3.19. The number of halogens is 1. The van der Waals surface area contributed by atoms with Crippen molar-refractivity contribution in [3.05, 3.63) is 0 Å². The highest BCUT2D eigenvalue weighted by Gasteiger charge is 2.34. The lowest BCUT2D eigenvalue weighted by Gasteiger charge is -2.30. The smallest absolute Gasteiger partial charge is 0.407 e. The van der Waals surface area contributed by atoms with E-state index < -0.39 is 5.60 Å². The van der Waals surface area contributed by atoms with Crippen LogP contribution in [0.5, 0.6) is 0 Å². The summed E-state index contributed by atoms with van der Waals surface area (Å²) >= 11 is 0. The van der Waals surface area contributed by atoms with Crippen LogP contribution in [-0.2, 0) is 4.74 Å². The van der Waals surface area contributed by atoms with Crippen LogP contribution in [0.1, 0.15) is 46.5 Å². The molecule has 2 aliphatic heterocycles. The second-order valence-electron chi connectivity index (χ2n) is 5.95. The van der Waals surface area contributed by atoms with Crippen LogP contribution in [0.15, 0.2) is 0 Å². The molecule has 17 heavy (non-hydrogen) atoms. The molecule has 2 saturated heterocycles. The number of piperidine rings is 1. The van der Waals surface area contributed by atoms with Gasteiger partial charge in [0.2, 0.25) is 0 Å². The number of carbonyl (C=O) groups excluding carboxylic acids is 1. The maximum absolute atomic E-state index is 11.6. The van der Waals surface area contributed by atoms with Gasteiger partial charge >= 0.3 is 6.09 Å². The number of amides is 1. The van der Waals surface area contributed by atoms with Gasteiger partial charge in [0.25, 0.3) is 0 Å². The van der Waals surface area contributed by atoms with Crippen molar-refractivity contribution in [3.8, 4) is 0 Å². The Bertz CT molecular complexity index is 266. The molecule has 1 unspecified atom stereocenters. The van der Waals surface area contributed by atoms with Crippen LogP contribution in [0.2, 0.25) is 0 Å². The maximum atomic E-state index is 11.6. The first kappa shape index (κ1) is 14.6. The summed E-state index contributed by atoms with van der Waals surface area (Å²) in [7, 11) is 0. The monoisotopic (exact) mass is 262 g/mol. The van der Waals surface area contributed by atoms with Gasteiger partial charge in [-0.25, -0.2) is 4.79 Å². The van der Waals surface area contributed by atoms with Gasteiger partial charge in [-0.1, -0.05) is 0 Å². The van der Waals surface area contributed by atoms with Crippen molar-refractivity contribution >= 4 is 18.5 Å². The summed E-state index contributed by atoms with van der Waals surface area (Å²) in [4.78, 5) is 11.6. The summed E-state index contributed by atoms with van der Waals surface area (Å²) in [5.74, 6) is 0. The molecule has 2 fully saturated rings. The first-order chi connectivity index (χ1) is 7.42. The standard InChI is InChI=1S/C12H22N2O2.ClH/c1-12(2,3)16-11(15)14-10-6-8-4-5-9(7-10)13-8;/h8-10,13H,4-7H2,1-3H3,(H,14,15);1H/t8-,9+,10?;. The first-order valence-corrected chi connectivity index (χ1v) is 6.18. The summed E-state index contributed by atoms with van der Waals surface area (Å²) in [6, 6.07) is 1.48. The molecule has 2 bridgehead atoms. The Balaban J connectivity index is 0.00000144. The van der Waals surface area contributed by atoms with E-state index in [4.69, 9.17) is 4.74 Å². The van der Waals surface area contributed by atoms with Crippen LogP contribution < -0.4 is 10.6 Å². The van der Waals surface area contributed by atoms with Gasteiger partial charge in [0.05, 0.1) is 0 Å². The quantitative estimate of drug-likeness (QED) is 0.762. The first-order valence-electron chi connectivity index (χ1n) is 6.18. The average Bonchev–Trinajstić information content (AvgIpc) is 2.42. The molecule has 1 amide bonds. The Labute approximate surface area is 109 Å². The van der Waals surface area contributed by atoms with E-state index in [-0.39, 0.29) is 24.5 Å². The van der Waals surface area contributed by atoms with E-state index >= 15 is 0 Å². The summed E-state index contributed by atoms with van der Waals surface area (Å²) in [5.41, 5.74) is -0.407. The number of hydrogen-bond donors (Lipinski definition) is 2. The molecule has 0 aromatic rings. The molecule has 0 spiro atoms. The Morgan fingerprint density at radius 2 is 1.76 bits per heavy atom. The lowest BCUT2D eigenvalue weighted by molar-refractivity contribution is 0.0489. The van der Waals surface area contributed by atoms with Gasteiger partial charge in [-0.3, -0.25) is 0 Å². The molecule has 0 radical (unpaired) electrons. The average molecular weight is 263 g/mol. The van der Waals surface area contributed by atoms with Gasteiger partial charge in [-0.05, 0) is 46.5 Å². The maximum Gasteiger partial charge on any atom is 0.407 e. The van der Waals surface area contributed by atoms with Crippen molar-refractivity contribution in [1.82, 2.24) is 10.6 Å². The van der Waals surface area contributed by atoms with Gasteiger partial charge in [0.1, 0.15) is 5.60 Å². The second kappa shape index (κ2) is 5.44. The van der Waals surface area contributed by atoms with Crippen LogP contribution in [0.3, 0.4) is 0 Å². The summed E-state index contributed by atoms with van der Waals surface area (Å²) in [6.45, 7) is 5.66. The van der Waals surface area contributed by atoms with E-state index in [0.29, 0.717) is 12.1 Å². The molecule has 0 aromatic heterocycles. The molecule has 2 N–H and O–H groups in total. The Kier molecular flexibility index (Phi) is 4.67. The number of alkyl carbamates (subject to hydrolysis) is 1. The summed E-state index contributed by atoms with van der Waals surface area (Å²) in [6.07, 6.45) is 4.29. The molecule has 2 aliphatic rings. The second-order valence-corrected chi connectivity index (χ2v) is 5.95. The molecule has 100 valence electrons. The van der Waals surface area contributed by atoms with Gasteiger partial charge in [0.15, 0.2) is 0 Å². The molecule has 2 rings (SSSR count). The zero-order valence-corrected chi connectivity index (χ0v) is 11.6. The fraction of sp³-hybridized carbons (Fsp3) is 0.917. The minimum Gasteiger partial charge on any atom is -0.444 e. The lowest BCUT2D eigenvalue weighted by Crippen LogP contribution is -2.49. The third-order valence-corrected chi connectivity index (χ3v) is 3.19. The van der Waals surface area contributed by atoms with Crippen molar-refractivity contribution in [2.24, 2.45) is 0 Å². The molecule has 3 atom stereocenters. The number of fused-ring (bicyclic) bond motifs is 2. The molecule has 0 aromatic carbocycles. The fourth-order valence-corrected chi connectivity index (χ4v) is 2.65. The van der Waals surface area contributed by atoms with Gasteiger partial charge in [0, 0.05) is 18.1 Å². The zero-order chi connectivity index (χ0) is 11.8. The molecule has 2 heterocycles. The van der Waals surface area contributed by atoms with E-state index in [2.05, 4.69) is 10.6 Å². The summed E-state index contributed by atoms with van der Waals surface area (Å²) in [5, 5.41) is 6.52. The Hall–Kier alpha value is -0.480. The Morgan fingerprint density at radius 3 is 2.24 bits per heavy atom. The van der Waals surface area contributed by atoms with E-state index in [1.165, 1.54) is 12.8 Å². The Morgan fingerprint density at radius 1 is 1.24 bits per heavy atom. The van der Waals surface area contributed by atoms with Crippen molar-refractivity contribution in [3.63, 3.8) is 0 Å². The number of hydrogen-bond acceptors (Lipinski definition) is 3. The fourth-order valence-electron chi connectivity index (χ4n) is 2.65. The minimum absolute atomic E-state index is 0. The molecular formula is C12H23ClN2O2. The van der Waals surface area contributed by atoms with Crippen LogP contribution in [0, 0.1) is 0 Å². The van der Waals surface area contributed by atoms with Crippen molar-refractivity contribution in [2.45, 2.75) is 70.2 Å². The zero-order valence-electron chi connectivity index (χ0n) is 10.8. The normalized spacial score (nSPS) is 31.6. The van der Waals surface area contributed by atoms with Crippen molar-refractivity contribution in [2.75, 3.05) is 0 Å². The highest BCUT2D eigenvalue weighted by molar-refractivity contribution is 5.85. The predicted molar refractivity (Wildman–Crippen MR) is 69.6 cm³/mol. The highest BCUT2D eigenvalue weighted by atomic mass is 35.5. The largest absolute Gasteiger partial charge is 0.444 e. The van der Waals surface area contributed by atoms with Crippen molar-refractivity contribution < 1.29 is 9.53 Å². The van der Waals surface area contributed by atoms with Gasteiger partial charge in [-0.2, -0.15) is 0 Å². The van der Waals surface area contributed by atoms with Crippen LogP contribution in [-0.4, -0.2) is 29.8 Å². The number of ether oxygens (including phenoxy) is 1. The number of carbonyl (C=O) groups is 1. The van der Waals surface area contributed by atoms with Gasteiger partial charge < -0.3 is 15.4 Å². The van der Waals surface area contributed by atoms with E-state index in [9.17, 15) is 4.79 Å². The minimum atomic E-state index is -0.407. The van der Waals surface area contributed by atoms with E-state index in [1.807, 2.05) is 20.8 Å². The van der Waals surface area contributed by atoms with Crippen molar-refractivity contribution in [1.29, 1.82) is 0 Å². The highest BCUT2D eigenvalue weighted by Crippen LogP contribution is 2.26. The van der Waals surface area contributed by atoms with Crippen LogP contribution >= 0.6 is 12.4 Å². The topological polar surface area (TPSA) is 50.4 Å². The van der Waals surface area contributed by atoms with Crippen LogP contribution in [0.4, 0.5) is 4.79 Å². The molecule has 0 saturated carbocycles. The van der Waals surface area contributed by atoms with Crippen LogP contribution in [0.25, 0.3) is 0 Å². The van der Waals surface area contributed by atoms with Gasteiger partial charge in [-0.15, -0.1) is 12.4 Å². The molecular weight excluding hydrogens is 240 g/mol. The van der Waals surface area contributed by atoms with E-state index in [1.54, 1.807) is 0 Å². The van der Waals surface area contributed by atoms with E-state index in [0.717, 1.165) is 12.8 Å². The molecule has 0 aliphatic carbocycles. The number of rotatable bonds is 1. The number of nitrogens with one attached hydrogen (secondary N) is 2. The third kappa shape index (κ3) is 4.36. The lowest BCUT2D eigenvalue weighted by atomic mass is 10.0. The SMILES string of the molecule is CC(C)(C)OC(=O)NC1C[C@H]2CC[C@@H](C1)N2.Cl. The predicted octanol–water partition coefficient (Wildman–Crippen LogP) is 2.22. The molecule has 4 nitrogen and oxygen atoms in total.